The second-order valence-electron chi connectivity index (χ2n) is 12.9. The van der Waals surface area contributed by atoms with Crippen molar-refractivity contribution in [2.24, 2.45) is 17.6 Å². The van der Waals surface area contributed by atoms with Crippen LogP contribution in [0.4, 0.5) is 10.5 Å². The fourth-order valence-corrected chi connectivity index (χ4v) is 5.06. The van der Waals surface area contributed by atoms with Crippen molar-refractivity contribution < 1.29 is 42.8 Å². The third-order valence-electron chi connectivity index (χ3n) is 7.58. The predicted molar refractivity (Wildman–Crippen MR) is 173 cm³/mol. The molecular formula is C33H46N6O9. The highest BCUT2D eigenvalue weighted by Crippen LogP contribution is 2.34. The number of hydrogen-bond acceptors (Lipinski definition) is 10. The quantitative estimate of drug-likeness (QED) is 0.168. The van der Waals surface area contributed by atoms with E-state index in [0.717, 1.165) is 5.56 Å². The summed E-state index contributed by atoms with van der Waals surface area (Å²) in [7, 11) is 0. The predicted octanol–water partition coefficient (Wildman–Crippen LogP) is 1.69. The molecule has 1 fully saturated rings. The topological polar surface area (TPSA) is 216 Å². The zero-order valence-corrected chi connectivity index (χ0v) is 28.3. The maximum atomic E-state index is 13.9. The van der Waals surface area contributed by atoms with Gasteiger partial charge in [-0.3, -0.25) is 28.9 Å². The van der Waals surface area contributed by atoms with Crippen LogP contribution < -0.4 is 26.6 Å². The normalized spacial score (nSPS) is 16.5. The highest BCUT2D eigenvalue weighted by atomic mass is 16.6. The van der Waals surface area contributed by atoms with Gasteiger partial charge in [0.15, 0.2) is 18.2 Å². The summed E-state index contributed by atoms with van der Waals surface area (Å²) in [6.07, 6.45) is -0.544. The molecule has 3 rings (SSSR count). The summed E-state index contributed by atoms with van der Waals surface area (Å²) in [4.78, 5) is 78.2. The molecule has 1 aromatic heterocycles. The number of aryl methyl sites for hydroxylation is 1. The number of carbonyl (C=O) groups excluding carboxylic acids is 6. The van der Waals surface area contributed by atoms with Gasteiger partial charge >= 0.3 is 6.09 Å². The number of carbonyl (C=O) groups is 6. The van der Waals surface area contributed by atoms with Crippen LogP contribution in [0.2, 0.25) is 0 Å². The summed E-state index contributed by atoms with van der Waals surface area (Å²) in [5.41, 5.74) is 5.53. The first kappa shape index (κ1) is 37.7. The average Bonchev–Trinajstić information content (AvgIpc) is 3.61. The second-order valence-corrected chi connectivity index (χ2v) is 12.9. The van der Waals surface area contributed by atoms with E-state index in [0.29, 0.717) is 12.1 Å². The van der Waals surface area contributed by atoms with Crippen molar-refractivity contribution in [3.63, 3.8) is 0 Å². The van der Waals surface area contributed by atoms with Crippen LogP contribution in [0.1, 0.15) is 64.5 Å². The van der Waals surface area contributed by atoms with Gasteiger partial charge in [0.2, 0.25) is 23.6 Å². The maximum absolute atomic E-state index is 13.9. The lowest BCUT2D eigenvalue weighted by molar-refractivity contribution is -0.131. The van der Waals surface area contributed by atoms with Crippen LogP contribution in [0.5, 0.6) is 0 Å². The number of ketones is 1. The molecule has 262 valence electrons. The fourth-order valence-electron chi connectivity index (χ4n) is 5.06. The molecule has 0 aliphatic carbocycles. The molecule has 5 amide bonds. The van der Waals surface area contributed by atoms with Crippen molar-refractivity contribution in [3.05, 3.63) is 47.3 Å². The summed E-state index contributed by atoms with van der Waals surface area (Å²) in [6.45, 7) is 10.4. The third kappa shape index (κ3) is 11.2. The minimum absolute atomic E-state index is 0.00189. The number of benzene rings is 1. The third-order valence-corrected chi connectivity index (χ3v) is 7.58. The first-order valence-corrected chi connectivity index (χ1v) is 15.9. The molecule has 1 aromatic carbocycles. The minimum Gasteiger partial charge on any atom is -0.441 e. The van der Waals surface area contributed by atoms with Gasteiger partial charge in [-0.2, -0.15) is 0 Å². The van der Waals surface area contributed by atoms with E-state index in [1.165, 1.54) is 11.0 Å². The molecule has 5 N–H and O–H groups in total. The molecule has 0 radical (unpaired) electrons. The highest BCUT2D eigenvalue weighted by molar-refractivity contribution is 6.06. The van der Waals surface area contributed by atoms with Gasteiger partial charge in [0.25, 0.3) is 0 Å². The molecule has 15 heteroatoms. The number of nitrogens with two attached hydrogens (primary N) is 1. The lowest BCUT2D eigenvalue weighted by Gasteiger charge is -2.34. The van der Waals surface area contributed by atoms with E-state index in [1.807, 2.05) is 46.8 Å². The molecule has 15 nitrogen and oxygen atoms in total. The zero-order chi connectivity index (χ0) is 35.6. The molecule has 2 aromatic rings. The number of ether oxygens (including phenoxy) is 2. The Morgan fingerprint density at radius 1 is 1.00 bits per heavy atom. The lowest BCUT2D eigenvalue weighted by atomic mass is 9.91. The van der Waals surface area contributed by atoms with Crippen molar-refractivity contribution in [2.75, 3.05) is 24.6 Å². The zero-order valence-electron chi connectivity index (χ0n) is 28.3. The SMILES string of the molecule is Cc1ccccc1N(C(=O)CNC(=O)C(CC(C)C)NC(=O)CNC(=O)Cc1cc(COC(N)=O)on1)C(CC(C)C)C(=O)C1(C)CO1. The minimum atomic E-state index is -0.996. The van der Waals surface area contributed by atoms with Gasteiger partial charge in [0.1, 0.15) is 11.6 Å². The first-order valence-electron chi connectivity index (χ1n) is 15.9. The van der Waals surface area contributed by atoms with Gasteiger partial charge in [0, 0.05) is 11.8 Å². The van der Waals surface area contributed by atoms with E-state index in [4.69, 9.17) is 15.0 Å². The standard InChI is InChI=1S/C33H46N6O9/c1-19(2)11-24(37-28(41)15-35-27(40)14-22-13-23(48-38-22)17-46-32(34)45)31(44)36-16-29(42)39(25-10-8-7-9-21(25)5)26(12-20(3)4)30(43)33(6)18-47-33/h7-10,13,19-20,24,26H,11-12,14-18H2,1-6H3,(H2,34,45)(H,35,40)(H,36,44)(H,37,41). The molecular weight excluding hydrogens is 624 g/mol. The number of hydrogen-bond donors (Lipinski definition) is 4. The number of anilines is 1. The van der Waals surface area contributed by atoms with Crippen molar-refractivity contribution in [1.29, 1.82) is 0 Å². The number of primary amides is 1. The molecule has 0 spiro atoms. The van der Waals surface area contributed by atoms with E-state index in [2.05, 4.69) is 25.8 Å². The summed E-state index contributed by atoms with van der Waals surface area (Å²) >= 11 is 0. The Balaban J connectivity index is 1.64. The van der Waals surface area contributed by atoms with Crippen LogP contribution in [0, 0.1) is 18.8 Å². The number of amides is 5. The first-order chi connectivity index (χ1) is 22.6. The fraction of sp³-hybridized carbons (Fsp3) is 0.545. The van der Waals surface area contributed by atoms with Gasteiger partial charge in [-0.05, 0) is 50.2 Å². The van der Waals surface area contributed by atoms with Crippen LogP contribution in [-0.2, 0) is 46.5 Å². The molecule has 1 aliphatic heterocycles. The molecule has 0 bridgehead atoms. The number of nitrogens with zero attached hydrogens (tertiary/aromatic N) is 2. The number of nitrogens with one attached hydrogen (secondary N) is 3. The van der Waals surface area contributed by atoms with Crippen LogP contribution in [0.25, 0.3) is 0 Å². The molecule has 3 atom stereocenters. The van der Waals surface area contributed by atoms with Crippen molar-refractivity contribution in [3.8, 4) is 0 Å². The number of rotatable bonds is 18. The Morgan fingerprint density at radius 3 is 2.27 bits per heavy atom. The Hall–Kier alpha value is -4.79. The number of epoxide rings is 1. The maximum Gasteiger partial charge on any atom is 0.404 e. The summed E-state index contributed by atoms with van der Waals surface area (Å²) in [6, 6.07) is 6.83. The van der Waals surface area contributed by atoms with Crippen LogP contribution >= 0.6 is 0 Å². The molecule has 3 unspecified atom stereocenters. The Kier molecular flexibility index (Phi) is 13.2. The van der Waals surface area contributed by atoms with E-state index >= 15 is 0 Å². The van der Waals surface area contributed by atoms with Gasteiger partial charge in [0.05, 0.1) is 37.9 Å². The van der Waals surface area contributed by atoms with E-state index in [1.54, 1.807) is 19.1 Å². The molecule has 2 heterocycles. The Morgan fingerprint density at radius 2 is 1.67 bits per heavy atom. The average molecular weight is 671 g/mol. The van der Waals surface area contributed by atoms with Crippen LogP contribution in [-0.4, -0.2) is 78.0 Å². The van der Waals surface area contributed by atoms with Gasteiger partial charge in [-0.15, -0.1) is 0 Å². The second kappa shape index (κ2) is 16.9. The largest absolute Gasteiger partial charge is 0.441 e. The molecule has 0 saturated carbocycles. The monoisotopic (exact) mass is 670 g/mol. The van der Waals surface area contributed by atoms with E-state index < -0.39 is 60.5 Å². The van der Waals surface area contributed by atoms with Gasteiger partial charge in [-0.25, -0.2) is 4.79 Å². The molecule has 1 aliphatic rings. The number of aromatic nitrogens is 1. The van der Waals surface area contributed by atoms with E-state index in [9.17, 15) is 28.8 Å². The smallest absolute Gasteiger partial charge is 0.404 e. The summed E-state index contributed by atoms with van der Waals surface area (Å²) in [5.74, 6) is -2.16. The highest BCUT2D eigenvalue weighted by Gasteiger charge is 2.52. The van der Waals surface area contributed by atoms with Crippen molar-refractivity contribution >= 4 is 41.2 Å². The number of Topliss-reactive ketones (excluding diaryl/α,β-unsaturated/α-hetero) is 1. The van der Waals surface area contributed by atoms with Crippen molar-refractivity contribution in [2.45, 2.75) is 85.1 Å². The summed E-state index contributed by atoms with van der Waals surface area (Å²) in [5, 5.41) is 11.4. The lowest BCUT2D eigenvalue weighted by Crippen LogP contribution is -2.55. The van der Waals surface area contributed by atoms with Gasteiger partial charge < -0.3 is 35.7 Å². The number of para-hydroxylation sites is 1. The van der Waals surface area contributed by atoms with E-state index in [-0.39, 0.29) is 55.1 Å². The van der Waals surface area contributed by atoms with Crippen LogP contribution in [0.3, 0.4) is 0 Å². The summed E-state index contributed by atoms with van der Waals surface area (Å²) < 4.78 is 15.0. The van der Waals surface area contributed by atoms with Gasteiger partial charge in [-0.1, -0.05) is 51.1 Å². The Labute approximate surface area is 279 Å². The van der Waals surface area contributed by atoms with Crippen LogP contribution in [0.15, 0.2) is 34.9 Å². The molecule has 48 heavy (non-hydrogen) atoms. The van der Waals surface area contributed by atoms with Crippen molar-refractivity contribution in [1.82, 2.24) is 21.1 Å². The molecule has 1 saturated heterocycles. The Bertz CT molecular complexity index is 1480.